The second-order valence-corrected chi connectivity index (χ2v) is 1.70. The van der Waals surface area contributed by atoms with Gasteiger partial charge in [0.25, 0.3) is 0 Å². The van der Waals surface area contributed by atoms with Crippen LogP contribution in [0.2, 0.25) is 0 Å². The Balaban J connectivity index is 2.29. The number of aliphatic hydroxyl groups is 1. The summed E-state index contributed by atoms with van der Waals surface area (Å²) in [4.78, 5) is 10.3. The third-order valence-electron chi connectivity index (χ3n) is 0.991. The SMILES string of the molecule is O=C1CNC(O)CN1. The smallest absolute Gasteiger partial charge is 0.234 e. The summed E-state index contributed by atoms with van der Waals surface area (Å²) < 4.78 is 0. The molecule has 0 aliphatic carbocycles. The van der Waals surface area contributed by atoms with Crippen molar-refractivity contribution < 1.29 is 9.90 Å². The van der Waals surface area contributed by atoms with Crippen molar-refractivity contribution in [3.05, 3.63) is 0 Å². The van der Waals surface area contributed by atoms with E-state index in [4.69, 9.17) is 5.11 Å². The van der Waals surface area contributed by atoms with E-state index in [0.29, 0.717) is 6.54 Å². The fraction of sp³-hybridized carbons (Fsp3) is 0.750. The molecule has 1 aliphatic rings. The third kappa shape index (κ3) is 1.18. The zero-order chi connectivity index (χ0) is 5.98. The molecular formula is C4H8N2O2. The monoisotopic (exact) mass is 116 g/mol. The van der Waals surface area contributed by atoms with E-state index in [1.165, 1.54) is 0 Å². The number of piperazine rings is 1. The molecule has 0 spiro atoms. The largest absolute Gasteiger partial charge is 0.377 e. The minimum Gasteiger partial charge on any atom is -0.377 e. The Morgan fingerprint density at radius 3 is 2.88 bits per heavy atom. The van der Waals surface area contributed by atoms with Crippen LogP contribution in [0.1, 0.15) is 0 Å². The van der Waals surface area contributed by atoms with Gasteiger partial charge in [-0.1, -0.05) is 0 Å². The Morgan fingerprint density at radius 1 is 1.75 bits per heavy atom. The molecule has 1 fully saturated rings. The Kier molecular flexibility index (Phi) is 1.45. The number of hydrogen-bond acceptors (Lipinski definition) is 3. The van der Waals surface area contributed by atoms with E-state index in [1.807, 2.05) is 0 Å². The first kappa shape index (κ1) is 5.53. The average Bonchev–Trinajstić information content (AvgIpc) is 1.77. The molecule has 1 amide bonds. The van der Waals surface area contributed by atoms with E-state index < -0.39 is 6.23 Å². The van der Waals surface area contributed by atoms with Gasteiger partial charge in [0, 0.05) is 0 Å². The number of carbonyl (C=O) groups is 1. The molecule has 4 heteroatoms. The van der Waals surface area contributed by atoms with Gasteiger partial charge in [-0.15, -0.1) is 0 Å². The van der Waals surface area contributed by atoms with Crippen LogP contribution in [0.5, 0.6) is 0 Å². The minimum absolute atomic E-state index is 0.0599. The first-order valence-corrected chi connectivity index (χ1v) is 2.47. The molecule has 1 atom stereocenters. The molecule has 0 bridgehead atoms. The van der Waals surface area contributed by atoms with Crippen molar-refractivity contribution in [1.29, 1.82) is 0 Å². The van der Waals surface area contributed by atoms with Gasteiger partial charge in [0.2, 0.25) is 5.91 Å². The normalized spacial score (nSPS) is 29.6. The summed E-state index contributed by atoms with van der Waals surface area (Å²) in [5.41, 5.74) is 0. The van der Waals surface area contributed by atoms with Crippen molar-refractivity contribution in [2.45, 2.75) is 6.23 Å². The van der Waals surface area contributed by atoms with Gasteiger partial charge in [-0.3, -0.25) is 10.1 Å². The van der Waals surface area contributed by atoms with Crippen LogP contribution in [-0.4, -0.2) is 30.3 Å². The van der Waals surface area contributed by atoms with Crippen molar-refractivity contribution in [2.24, 2.45) is 0 Å². The predicted octanol–water partition coefficient (Wildman–Crippen LogP) is -1.98. The van der Waals surface area contributed by atoms with E-state index in [2.05, 4.69) is 10.6 Å². The minimum atomic E-state index is -0.562. The maximum Gasteiger partial charge on any atom is 0.234 e. The van der Waals surface area contributed by atoms with Crippen LogP contribution in [-0.2, 0) is 4.79 Å². The van der Waals surface area contributed by atoms with Crippen molar-refractivity contribution in [3.8, 4) is 0 Å². The highest BCUT2D eigenvalue weighted by Crippen LogP contribution is 1.79. The summed E-state index contributed by atoms with van der Waals surface area (Å²) in [6.07, 6.45) is -0.562. The molecule has 0 aromatic heterocycles. The van der Waals surface area contributed by atoms with E-state index in [0.717, 1.165) is 0 Å². The summed E-state index contributed by atoms with van der Waals surface area (Å²) in [5, 5.41) is 13.8. The molecule has 1 aliphatic heterocycles. The van der Waals surface area contributed by atoms with E-state index in [9.17, 15) is 4.79 Å². The quantitative estimate of drug-likeness (QED) is 0.344. The summed E-state index contributed by atoms with van der Waals surface area (Å²) >= 11 is 0. The topological polar surface area (TPSA) is 61.4 Å². The van der Waals surface area contributed by atoms with Crippen LogP contribution in [0.3, 0.4) is 0 Å². The van der Waals surface area contributed by atoms with Gasteiger partial charge in [0.1, 0.15) is 6.23 Å². The summed E-state index contributed by atoms with van der Waals surface area (Å²) in [6, 6.07) is 0. The number of carbonyl (C=O) groups excluding carboxylic acids is 1. The second kappa shape index (κ2) is 2.11. The van der Waals surface area contributed by atoms with Crippen LogP contribution >= 0.6 is 0 Å². The lowest BCUT2D eigenvalue weighted by Crippen LogP contribution is -2.51. The lowest BCUT2D eigenvalue weighted by Gasteiger charge is -2.18. The number of β-amino-alcohol motifs (C(OH)–C–C–N with tert-alkyl or cyclic N) is 1. The third-order valence-corrected chi connectivity index (χ3v) is 0.991. The Hall–Kier alpha value is -0.610. The second-order valence-electron chi connectivity index (χ2n) is 1.70. The van der Waals surface area contributed by atoms with E-state index in [1.54, 1.807) is 0 Å². The fourth-order valence-corrected chi connectivity index (χ4v) is 0.556. The number of rotatable bonds is 0. The number of aliphatic hydroxyl groups excluding tert-OH is 1. The average molecular weight is 116 g/mol. The van der Waals surface area contributed by atoms with Gasteiger partial charge >= 0.3 is 0 Å². The molecule has 1 unspecified atom stereocenters. The highest BCUT2D eigenvalue weighted by Gasteiger charge is 2.12. The van der Waals surface area contributed by atoms with E-state index >= 15 is 0 Å². The molecule has 1 saturated heterocycles. The lowest BCUT2D eigenvalue weighted by atomic mass is 10.4. The number of nitrogens with one attached hydrogen (secondary N) is 2. The number of amides is 1. The molecule has 1 heterocycles. The van der Waals surface area contributed by atoms with Gasteiger partial charge in [-0.25, -0.2) is 0 Å². The maximum atomic E-state index is 10.3. The van der Waals surface area contributed by atoms with Crippen LogP contribution in [0, 0.1) is 0 Å². The standard InChI is InChI=1S/C4H8N2O2/c7-3-1-5-4(8)2-6-3/h3,6-7H,1-2H2,(H,5,8). The summed E-state index contributed by atoms with van der Waals surface area (Å²) in [6.45, 7) is 0.542. The summed E-state index contributed by atoms with van der Waals surface area (Å²) in [5.74, 6) is -0.0599. The first-order chi connectivity index (χ1) is 3.79. The van der Waals surface area contributed by atoms with Gasteiger partial charge in [0.05, 0.1) is 13.1 Å². The van der Waals surface area contributed by atoms with Gasteiger partial charge < -0.3 is 10.4 Å². The number of hydrogen-bond donors (Lipinski definition) is 3. The molecule has 8 heavy (non-hydrogen) atoms. The van der Waals surface area contributed by atoms with Crippen molar-refractivity contribution in [3.63, 3.8) is 0 Å². The van der Waals surface area contributed by atoms with Gasteiger partial charge in [0.15, 0.2) is 0 Å². The molecular weight excluding hydrogens is 108 g/mol. The van der Waals surface area contributed by atoms with Crippen molar-refractivity contribution in [2.75, 3.05) is 13.1 Å². The molecule has 3 N–H and O–H groups in total. The van der Waals surface area contributed by atoms with E-state index in [-0.39, 0.29) is 12.5 Å². The highest BCUT2D eigenvalue weighted by molar-refractivity contribution is 5.78. The molecule has 46 valence electrons. The molecule has 0 aromatic rings. The maximum absolute atomic E-state index is 10.3. The fourth-order valence-electron chi connectivity index (χ4n) is 0.556. The van der Waals surface area contributed by atoms with Crippen LogP contribution in [0.4, 0.5) is 0 Å². The molecule has 0 aromatic carbocycles. The molecule has 0 radical (unpaired) electrons. The van der Waals surface area contributed by atoms with Gasteiger partial charge in [-0.05, 0) is 0 Å². The van der Waals surface area contributed by atoms with Gasteiger partial charge in [-0.2, -0.15) is 0 Å². The summed E-state index contributed by atoms with van der Waals surface area (Å²) in [7, 11) is 0. The zero-order valence-corrected chi connectivity index (χ0v) is 4.35. The lowest BCUT2D eigenvalue weighted by molar-refractivity contribution is -0.123. The van der Waals surface area contributed by atoms with Crippen LogP contribution in [0.15, 0.2) is 0 Å². The molecule has 4 nitrogen and oxygen atoms in total. The molecule has 0 saturated carbocycles. The Bertz CT molecular complexity index is 94.2. The zero-order valence-electron chi connectivity index (χ0n) is 4.35. The van der Waals surface area contributed by atoms with Crippen molar-refractivity contribution in [1.82, 2.24) is 10.6 Å². The van der Waals surface area contributed by atoms with Crippen LogP contribution < -0.4 is 10.6 Å². The van der Waals surface area contributed by atoms with Crippen molar-refractivity contribution >= 4 is 5.91 Å². The first-order valence-electron chi connectivity index (χ1n) is 2.47. The molecule has 1 rings (SSSR count). The highest BCUT2D eigenvalue weighted by atomic mass is 16.3. The Labute approximate surface area is 46.9 Å². The predicted molar refractivity (Wildman–Crippen MR) is 27.0 cm³/mol. The van der Waals surface area contributed by atoms with Crippen LogP contribution in [0.25, 0.3) is 0 Å². The Morgan fingerprint density at radius 2 is 2.50 bits per heavy atom.